The summed E-state index contributed by atoms with van der Waals surface area (Å²) in [6.07, 6.45) is 0.558. The van der Waals surface area contributed by atoms with E-state index in [0.717, 1.165) is 16.8 Å². The van der Waals surface area contributed by atoms with Gasteiger partial charge in [0.25, 0.3) is 11.8 Å². The number of aromatic nitrogens is 2. The molecule has 0 fully saturated rings. The van der Waals surface area contributed by atoms with Gasteiger partial charge in [0.1, 0.15) is 5.69 Å². The molecule has 2 aromatic carbocycles. The van der Waals surface area contributed by atoms with Crippen molar-refractivity contribution in [1.29, 1.82) is 5.26 Å². The fourth-order valence-corrected chi connectivity index (χ4v) is 5.30. The van der Waals surface area contributed by atoms with Crippen molar-refractivity contribution in [3.05, 3.63) is 86.2 Å². The highest BCUT2D eigenvalue weighted by Gasteiger charge is 2.38. The lowest BCUT2D eigenvalue weighted by Crippen LogP contribution is -2.44. The molecule has 178 valence electrons. The van der Waals surface area contributed by atoms with Gasteiger partial charge in [0, 0.05) is 30.1 Å². The van der Waals surface area contributed by atoms with Crippen LogP contribution in [-0.4, -0.2) is 44.0 Å². The minimum Gasteiger partial charge on any atom is -0.331 e. The quantitative estimate of drug-likeness (QED) is 0.506. The van der Waals surface area contributed by atoms with E-state index in [4.69, 9.17) is 28.3 Å². The van der Waals surface area contributed by atoms with Crippen LogP contribution in [0.15, 0.2) is 42.5 Å². The average molecular weight is 508 g/mol. The maximum atomic E-state index is 13.7. The van der Waals surface area contributed by atoms with Gasteiger partial charge in [0.2, 0.25) is 0 Å². The van der Waals surface area contributed by atoms with Crippen LogP contribution in [0.3, 0.4) is 0 Å². The molecule has 3 aromatic rings. The Labute approximate surface area is 213 Å². The van der Waals surface area contributed by atoms with Crippen LogP contribution in [0.4, 0.5) is 0 Å². The maximum absolute atomic E-state index is 13.7. The van der Waals surface area contributed by atoms with Gasteiger partial charge in [-0.15, -0.1) is 0 Å². The number of hydrogen-bond acceptors (Lipinski definition) is 4. The van der Waals surface area contributed by atoms with E-state index >= 15 is 0 Å². The molecule has 3 heterocycles. The monoisotopic (exact) mass is 507 g/mol. The molecule has 0 saturated carbocycles. The summed E-state index contributed by atoms with van der Waals surface area (Å²) in [5, 5.41) is 15.0. The second kappa shape index (κ2) is 9.03. The van der Waals surface area contributed by atoms with E-state index in [1.807, 2.05) is 32.0 Å². The van der Waals surface area contributed by atoms with Gasteiger partial charge < -0.3 is 9.80 Å². The number of fused-ring (bicyclic) bond motifs is 3. The lowest BCUT2D eigenvalue weighted by atomic mass is 9.96. The summed E-state index contributed by atoms with van der Waals surface area (Å²) in [7, 11) is 0. The summed E-state index contributed by atoms with van der Waals surface area (Å²) >= 11 is 12.2. The largest absolute Gasteiger partial charge is 0.331 e. The number of rotatable bonds is 3. The molecule has 0 N–H and O–H groups in total. The smallest absolute Gasteiger partial charge is 0.273 e. The fourth-order valence-electron chi connectivity index (χ4n) is 5.00. The summed E-state index contributed by atoms with van der Waals surface area (Å²) in [4.78, 5) is 30.6. The van der Waals surface area contributed by atoms with Gasteiger partial charge in [0.05, 0.1) is 46.5 Å². The molecule has 9 heteroatoms. The summed E-state index contributed by atoms with van der Waals surface area (Å²) in [6, 6.07) is 14.1. The molecule has 2 aliphatic heterocycles. The second-order valence-electron chi connectivity index (χ2n) is 8.99. The Kier molecular flexibility index (Phi) is 6.04. The van der Waals surface area contributed by atoms with Gasteiger partial charge in [-0.25, -0.2) is 0 Å². The third-order valence-corrected chi connectivity index (χ3v) is 7.66. The fraction of sp³-hybridized carbons (Fsp3) is 0.308. The number of hydrogen-bond donors (Lipinski definition) is 0. The Morgan fingerprint density at radius 2 is 1.94 bits per heavy atom. The molecular weight excluding hydrogens is 485 g/mol. The molecule has 2 aliphatic rings. The maximum Gasteiger partial charge on any atom is 0.273 e. The Bertz CT molecular complexity index is 1390. The molecule has 5 rings (SSSR count). The van der Waals surface area contributed by atoms with Crippen LogP contribution in [0, 0.1) is 11.3 Å². The molecule has 0 spiro atoms. The summed E-state index contributed by atoms with van der Waals surface area (Å²) in [6.45, 7) is 5.26. The van der Waals surface area contributed by atoms with Crippen molar-refractivity contribution in [2.75, 3.05) is 6.54 Å². The Morgan fingerprint density at radius 3 is 2.69 bits per heavy atom. The standard InChI is InChI=1S/C26H23Cl2N5O2/c1-15-11-23-20(14-32(15)25(34)17-7-8-21(27)22(28)12-17)24-26(35)31(9-10-33(24)30-23)16(2)19-6-4-3-5-18(19)13-29/h3-8,12,15-16H,9-11,14H2,1-2H3/t15-,16?/m1/s1. The number of nitrogens with zero attached hydrogens (tertiary/aromatic N) is 5. The Morgan fingerprint density at radius 1 is 1.17 bits per heavy atom. The molecule has 0 bridgehead atoms. The number of benzene rings is 2. The van der Waals surface area contributed by atoms with Crippen molar-refractivity contribution in [3.63, 3.8) is 0 Å². The highest BCUT2D eigenvalue weighted by Crippen LogP contribution is 2.33. The highest BCUT2D eigenvalue weighted by atomic mass is 35.5. The van der Waals surface area contributed by atoms with Crippen molar-refractivity contribution in [3.8, 4) is 6.07 Å². The number of amides is 2. The second-order valence-corrected chi connectivity index (χ2v) is 9.80. The average Bonchev–Trinajstić information content (AvgIpc) is 3.22. The van der Waals surface area contributed by atoms with Gasteiger partial charge in [-0.3, -0.25) is 14.3 Å². The predicted octanol–water partition coefficient (Wildman–Crippen LogP) is 4.87. The molecule has 35 heavy (non-hydrogen) atoms. The van der Waals surface area contributed by atoms with Crippen LogP contribution in [0.5, 0.6) is 0 Å². The zero-order chi connectivity index (χ0) is 24.9. The molecule has 2 amide bonds. The van der Waals surface area contributed by atoms with E-state index in [1.165, 1.54) is 0 Å². The first-order valence-corrected chi connectivity index (χ1v) is 12.2. The van der Waals surface area contributed by atoms with Gasteiger partial charge in [-0.1, -0.05) is 41.4 Å². The molecule has 0 saturated heterocycles. The highest BCUT2D eigenvalue weighted by molar-refractivity contribution is 6.42. The minimum absolute atomic E-state index is 0.0889. The van der Waals surface area contributed by atoms with Crippen LogP contribution in [0.25, 0.3) is 0 Å². The first-order valence-electron chi connectivity index (χ1n) is 11.4. The van der Waals surface area contributed by atoms with E-state index < -0.39 is 0 Å². The van der Waals surface area contributed by atoms with Crippen LogP contribution in [-0.2, 0) is 19.5 Å². The van der Waals surface area contributed by atoms with Crippen LogP contribution < -0.4 is 0 Å². The van der Waals surface area contributed by atoms with Crippen molar-refractivity contribution in [2.24, 2.45) is 0 Å². The summed E-state index contributed by atoms with van der Waals surface area (Å²) < 4.78 is 1.77. The molecule has 0 aliphatic carbocycles. The van der Waals surface area contributed by atoms with E-state index in [-0.39, 0.29) is 30.4 Å². The van der Waals surface area contributed by atoms with E-state index in [1.54, 1.807) is 38.7 Å². The van der Waals surface area contributed by atoms with Gasteiger partial charge >= 0.3 is 0 Å². The van der Waals surface area contributed by atoms with Gasteiger partial charge in [-0.2, -0.15) is 10.4 Å². The SMILES string of the molecule is CC(c1ccccc1C#N)N1CCn2nc3c(c2C1=O)CN(C(=O)c1ccc(Cl)c(Cl)c1)[C@H](C)C3. The summed E-state index contributed by atoms with van der Waals surface area (Å²) in [5.74, 6) is -0.306. The van der Waals surface area contributed by atoms with E-state index in [2.05, 4.69) is 6.07 Å². The van der Waals surface area contributed by atoms with E-state index in [9.17, 15) is 14.9 Å². The van der Waals surface area contributed by atoms with Gasteiger partial charge in [0.15, 0.2) is 0 Å². The van der Waals surface area contributed by atoms with Crippen LogP contribution in [0.2, 0.25) is 10.0 Å². The first-order chi connectivity index (χ1) is 16.8. The third-order valence-electron chi connectivity index (χ3n) is 6.93. The normalized spacial score (nSPS) is 18.0. The first kappa shape index (κ1) is 23.4. The number of nitriles is 1. The van der Waals surface area contributed by atoms with Crippen molar-refractivity contribution < 1.29 is 9.59 Å². The molecular formula is C26H23Cl2N5O2. The molecule has 2 atom stereocenters. The molecule has 1 unspecified atom stereocenters. The van der Waals surface area contributed by atoms with Crippen molar-refractivity contribution in [2.45, 2.75) is 45.4 Å². The Hall–Kier alpha value is -3.34. The zero-order valence-electron chi connectivity index (χ0n) is 19.3. The number of halogens is 2. The molecule has 1 aromatic heterocycles. The summed E-state index contributed by atoms with van der Waals surface area (Å²) in [5.41, 5.74) is 3.98. The number of carbonyl (C=O) groups excluding carboxylic acids is 2. The lowest BCUT2D eigenvalue weighted by molar-refractivity contribution is 0.0604. The van der Waals surface area contributed by atoms with Gasteiger partial charge in [-0.05, 0) is 43.7 Å². The van der Waals surface area contributed by atoms with Crippen molar-refractivity contribution >= 4 is 35.0 Å². The number of carbonyl (C=O) groups is 2. The lowest BCUT2D eigenvalue weighted by Gasteiger charge is -2.35. The van der Waals surface area contributed by atoms with Crippen molar-refractivity contribution in [1.82, 2.24) is 19.6 Å². The van der Waals surface area contributed by atoms with Crippen LogP contribution >= 0.6 is 23.2 Å². The van der Waals surface area contributed by atoms with E-state index in [0.29, 0.717) is 46.4 Å². The predicted molar refractivity (Wildman–Crippen MR) is 132 cm³/mol. The molecule has 0 radical (unpaired) electrons. The third kappa shape index (κ3) is 3.97. The zero-order valence-corrected chi connectivity index (χ0v) is 20.8. The Balaban J connectivity index is 1.46. The van der Waals surface area contributed by atoms with Crippen LogP contribution in [0.1, 0.15) is 63.1 Å². The minimum atomic E-state index is -0.269. The molecule has 7 nitrogen and oxygen atoms in total. The topological polar surface area (TPSA) is 82.2 Å².